The molecule has 1 saturated heterocycles. The average Bonchev–Trinajstić information content (AvgIpc) is 2.88. The van der Waals surface area contributed by atoms with Crippen LogP contribution in [0.2, 0.25) is 0 Å². The van der Waals surface area contributed by atoms with E-state index in [1.165, 1.54) is 0 Å². The highest BCUT2D eigenvalue weighted by Crippen LogP contribution is 2.24. The Bertz CT molecular complexity index is 320. The molecule has 0 aromatic carbocycles. The Balaban J connectivity index is 2.12. The first-order valence-corrected chi connectivity index (χ1v) is 4.90. The molecule has 1 fully saturated rings. The number of aromatic nitrogens is 3. The Hall–Kier alpha value is -0.980. The van der Waals surface area contributed by atoms with Gasteiger partial charge in [0.25, 0.3) is 0 Å². The van der Waals surface area contributed by atoms with E-state index >= 15 is 0 Å². The zero-order chi connectivity index (χ0) is 10.7. The summed E-state index contributed by atoms with van der Waals surface area (Å²) in [6.45, 7) is 1.80. The summed E-state index contributed by atoms with van der Waals surface area (Å²) < 4.78 is 12.6. The number of hydrogen-bond acceptors (Lipinski definition) is 5. The third kappa shape index (κ3) is 2.01. The zero-order valence-corrected chi connectivity index (χ0v) is 8.72. The molecular weight excluding hydrogens is 198 g/mol. The summed E-state index contributed by atoms with van der Waals surface area (Å²) in [5, 5.41) is 16.6. The highest BCUT2D eigenvalue weighted by atomic mass is 16.5. The number of methoxy groups -OCH3 is 1. The van der Waals surface area contributed by atoms with Gasteiger partial charge in [0.05, 0.1) is 13.2 Å². The van der Waals surface area contributed by atoms with Crippen LogP contribution in [-0.2, 0) is 22.6 Å². The molecule has 1 aliphatic rings. The standard InChI is InChI=1S/C9H15N3O3/c1-14-9(2-3-15-6-9)5-12-7-10-11-8(12)4-13/h7,13H,2-6H2,1H3. The summed E-state index contributed by atoms with van der Waals surface area (Å²) in [6, 6.07) is 0. The number of rotatable bonds is 4. The summed E-state index contributed by atoms with van der Waals surface area (Å²) >= 11 is 0. The summed E-state index contributed by atoms with van der Waals surface area (Å²) in [7, 11) is 1.68. The number of aliphatic hydroxyl groups is 1. The van der Waals surface area contributed by atoms with Crippen molar-refractivity contribution in [2.24, 2.45) is 0 Å². The van der Waals surface area contributed by atoms with Gasteiger partial charge in [-0.1, -0.05) is 0 Å². The van der Waals surface area contributed by atoms with E-state index in [4.69, 9.17) is 14.6 Å². The lowest BCUT2D eigenvalue weighted by Gasteiger charge is -2.26. The molecule has 1 aromatic heterocycles. The average molecular weight is 213 g/mol. The monoisotopic (exact) mass is 213 g/mol. The van der Waals surface area contributed by atoms with E-state index in [9.17, 15) is 0 Å². The third-order valence-corrected chi connectivity index (χ3v) is 2.80. The summed E-state index contributed by atoms with van der Waals surface area (Å²) in [4.78, 5) is 0. The molecule has 2 rings (SSSR count). The van der Waals surface area contributed by atoms with E-state index in [1.807, 2.05) is 0 Å². The SMILES string of the molecule is COC1(Cn2cnnc2CO)CCOC1. The molecule has 0 bridgehead atoms. The van der Waals surface area contributed by atoms with Gasteiger partial charge in [0.1, 0.15) is 18.5 Å². The molecule has 6 heteroatoms. The van der Waals surface area contributed by atoms with E-state index < -0.39 is 0 Å². The number of hydrogen-bond donors (Lipinski definition) is 1. The molecule has 84 valence electrons. The van der Waals surface area contributed by atoms with Crippen molar-refractivity contribution in [3.8, 4) is 0 Å². The molecule has 0 radical (unpaired) electrons. The van der Waals surface area contributed by atoms with Gasteiger partial charge in [0.15, 0.2) is 5.82 Å². The predicted molar refractivity (Wildman–Crippen MR) is 51.1 cm³/mol. The molecule has 2 heterocycles. The lowest BCUT2D eigenvalue weighted by Crippen LogP contribution is -2.37. The van der Waals surface area contributed by atoms with Gasteiger partial charge < -0.3 is 19.1 Å². The van der Waals surface area contributed by atoms with Crippen molar-refractivity contribution in [1.29, 1.82) is 0 Å². The molecule has 1 aliphatic heterocycles. The predicted octanol–water partition coefficient (Wildman–Crippen LogP) is -0.424. The maximum atomic E-state index is 9.04. The van der Waals surface area contributed by atoms with Gasteiger partial charge in [-0.2, -0.15) is 0 Å². The van der Waals surface area contributed by atoms with Gasteiger partial charge in [-0.25, -0.2) is 0 Å². The van der Waals surface area contributed by atoms with Gasteiger partial charge in [-0.15, -0.1) is 10.2 Å². The van der Waals surface area contributed by atoms with Gasteiger partial charge in [-0.3, -0.25) is 0 Å². The van der Waals surface area contributed by atoms with E-state index in [1.54, 1.807) is 18.0 Å². The molecule has 1 aromatic rings. The van der Waals surface area contributed by atoms with Crippen LogP contribution in [0.15, 0.2) is 6.33 Å². The van der Waals surface area contributed by atoms with E-state index in [0.717, 1.165) is 6.42 Å². The van der Waals surface area contributed by atoms with Crippen LogP contribution in [0.3, 0.4) is 0 Å². The van der Waals surface area contributed by atoms with Crippen molar-refractivity contribution in [3.63, 3.8) is 0 Å². The van der Waals surface area contributed by atoms with Crippen LogP contribution in [0.5, 0.6) is 0 Å². The van der Waals surface area contributed by atoms with Crippen molar-refractivity contribution < 1.29 is 14.6 Å². The maximum absolute atomic E-state index is 9.04. The number of ether oxygens (including phenoxy) is 2. The number of aliphatic hydroxyl groups excluding tert-OH is 1. The molecule has 1 atom stereocenters. The Morgan fingerprint density at radius 3 is 3.20 bits per heavy atom. The molecule has 15 heavy (non-hydrogen) atoms. The van der Waals surface area contributed by atoms with Gasteiger partial charge in [0, 0.05) is 20.1 Å². The van der Waals surface area contributed by atoms with Gasteiger partial charge in [0.2, 0.25) is 0 Å². The molecule has 1 N–H and O–H groups in total. The normalized spacial score (nSPS) is 26.0. The fourth-order valence-corrected chi connectivity index (χ4v) is 1.78. The zero-order valence-electron chi connectivity index (χ0n) is 8.72. The fraction of sp³-hybridized carbons (Fsp3) is 0.778. The Kier molecular flexibility index (Phi) is 2.99. The van der Waals surface area contributed by atoms with Crippen LogP contribution in [0.25, 0.3) is 0 Å². The Morgan fingerprint density at radius 2 is 2.60 bits per heavy atom. The fourth-order valence-electron chi connectivity index (χ4n) is 1.78. The van der Waals surface area contributed by atoms with Crippen molar-refractivity contribution in [3.05, 3.63) is 12.2 Å². The topological polar surface area (TPSA) is 69.4 Å². The minimum absolute atomic E-state index is 0.110. The second-order valence-corrected chi connectivity index (χ2v) is 3.72. The first-order chi connectivity index (χ1) is 7.29. The first-order valence-electron chi connectivity index (χ1n) is 4.90. The van der Waals surface area contributed by atoms with Crippen molar-refractivity contribution in [1.82, 2.24) is 14.8 Å². The minimum Gasteiger partial charge on any atom is -0.388 e. The minimum atomic E-state index is -0.299. The molecular formula is C9H15N3O3. The van der Waals surface area contributed by atoms with Gasteiger partial charge in [-0.05, 0) is 0 Å². The van der Waals surface area contributed by atoms with Crippen LogP contribution in [0.4, 0.5) is 0 Å². The second kappa shape index (κ2) is 4.26. The lowest BCUT2D eigenvalue weighted by molar-refractivity contribution is -0.0305. The van der Waals surface area contributed by atoms with E-state index in [0.29, 0.717) is 25.6 Å². The van der Waals surface area contributed by atoms with Crippen molar-refractivity contribution >= 4 is 0 Å². The van der Waals surface area contributed by atoms with Crippen LogP contribution in [0.1, 0.15) is 12.2 Å². The van der Waals surface area contributed by atoms with Crippen LogP contribution >= 0.6 is 0 Å². The van der Waals surface area contributed by atoms with E-state index in [-0.39, 0.29) is 12.2 Å². The largest absolute Gasteiger partial charge is 0.388 e. The smallest absolute Gasteiger partial charge is 0.158 e. The van der Waals surface area contributed by atoms with E-state index in [2.05, 4.69) is 10.2 Å². The molecule has 1 unspecified atom stereocenters. The molecule has 0 amide bonds. The third-order valence-electron chi connectivity index (χ3n) is 2.80. The highest BCUT2D eigenvalue weighted by Gasteiger charge is 2.35. The summed E-state index contributed by atoms with van der Waals surface area (Å²) in [5.41, 5.74) is -0.299. The second-order valence-electron chi connectivity index (χ2n) is 3.72. The molecule has 6 nitrogen and oxygen atoms in total. The van der Waals surface area contributed by atoms with Crippen LogP contribution < -0.4 is 0 Å². The molecule has 0 spiro atoms. The summed E-state index contributed by atoms with van der Waals surface area (Å²) in [6.07, 6.45) is 2.46. The highest BCUT2D eigenvalue weighted by molar-refractivity contribution is 4.91. The Labute approximate surface area is 87.8 Å². The Morgan fingerprint density at radius 1 is 1.73 bits per heavy atom. The van der Waals surface area contributed by atoms with Crippen LogP contribution in [-0.4, -0.2) is 45.8 Å². The van der Waals surface area contributed by atoms with Gasteiger partial charge >= 0.3 is 0 Å². The maximum Gasteiger partial charge on any atom is 0.158 e. The van der Waals surface area contributed by atoms with Crippen molar-refractivity contribution in [2.75, 3.05) is 20.3 Å². The molecule has 0 aliphatic carbocycles. The van der Waals surface area contributed by atoms with Crippen molar-refractivity contribution in [2.45, 2.75) is 25.2 Å². The first kappa shape index (κ1) is 10.5. The van der Waals surface area contributed by atoms with Crippen LogP contribution in [0, 0.1) is 0 Å². The quantitative estimate of drug-likeness (QED) is 0.735. The number of nitrogens with zero attached hydrogens (tertiary/aromatic N) is 3. The summed E-state index contributed by atoms with van der Waals surface area (Å²) in [5.74, 6) is 0.554. The molecule has 0 saturated carbocycles. The lowest BCUT2D eigenvalue weighted by atomic mass is 10.0.